The van der Waals surface area contributed by atoms with Crippen molar-refractivity contribution in [1.29, 1.82) is 0 Å². The lowest BCUT2D eigenvalue weighted by molar-refractivity contribution is -0.138. The van der Waals surface area contributed by atoms with Crippen LogP contribution < -0.4 is 10.1 Å². The number of carboxylic acids is 1. The molecule has 0 fully saturated rings. The second-order valence-corrected chi connectivity index (χ2v) is 5.88. The molecular weight excluding hydrogens is 318 g/mol. The number of carbonyl (C=O) groups is 2. The van der Waals surface area contributed by atoms with Crippen LogP contribution in [-0.4, -0.2) is 23.5 Å². The highest BCUT2D eigenvalue weighted by Gasteiger charge is 2.07. The van der Waals surface area contributed by atoms with Crippen LogP contribution in [0, 0.1) is 6.92 Å². The van der Waals surface area contributed by atoms with E-state index in [9.17, 15) is 9.59 Å². The lowest BCUT2D eigenvalue weighted by Gasteiger charge is -2.12. The molecule has 0 heterocycles. The highest BCUT2D eigenvalue weighted by molar-refractivity contribution is 5.80. The molecule has 2 N–H and O–H groups in total. The average molecular weight is 341 g/mol. The van der Waals surface area contributed by atoms with Gasteiger partial charge < -0.3 is 15.2 Å². The molecule has 25 heavy (non-hydrogen) atoms. The van der Waals surface area contributed by atoms with E-state index in [1.54, 1.807) is 0 Å². The normalized spacial score (nSPS) is 10.3. The quantitative estimate of drug-likeness (QED) is 0.735. The maximum absolute atomic E-state index is 11.6. The van der Waals surface area contributed by atoms with E-state index in [1.807, 2.05) is 49.4 Å². The molecule has 0 saturated carbocycles. The van der Waals surface area contributed by atoms with Gasteiger partial charge in [-0.25, -0.2) is 0 Å². The Morgan fingerprint density at radius 3 is 2.64 bits per heavy atom. The van der Waals surface area contributed by atoms with Gasteiger partial charge >= 0.3 is 5.97 Å². The molecule has 5 heteroatoms. The van der Waals surface area contributed by atoms with Gasteiger partial charge in [0.05, 0.1) is 6.42 Å². The molecule has 0 aromatic heterocycles. The number of rotatable bonds is 9. The summed E-state index contributed by atoms with van der Waals surface area (Å²) in [5, 5.41) is 11.3. The zero-order valence-corrected chi connectivity index (χ0v) is 14.3. The van der Waals surface area contributed by atoms with Crippen molar-refractivity contribution in [3.8, 4) is 5.75 Å². The number of amides is 1. The molecule has 2 rings (SSSR count). The van der Waals surface area contributed by atoms with Gasteiger partial charge in [0.25, 0.3) is 0 Å². The summed E-state index contributed by atoms with van der Waals surface area (Å²) in [6.45, 7) is 2.98. The third-order valence-corrected chi connectivity index (χ3v) is 3.73. The number of nitrogens with one attached hydrogen (secondary N) is 1. The third-order valence-electron chi connectivity index (χ3n) is 3.73. The number of hydrogen-bond acceptors (Lipinski definition) is 3. The average Bonchev–Trinajstić information content (AvgIpc) is 2.59. The van der Waals surface area contributed by atoms with Crippen LogP contribution in [0.5, 0.6) is 5.75 Å². The molecule has 0 radical (unpaired) electrons. The third kappa shape index (κ3) is 6.67. The van der Waals surface area contributed by atoms with Crippen molar-refractivity contribution in [1.82, 2.24) is 5.32 Å². The van der Waals surface area contributed by atoms with Gasteiger partial charge in [0.1, 0.15) is 12.4 Å². The predicted molar refractivity (Wildman–Crippen MR) is 95.5 cm³/mol. The molecule has 0 aliphatic rings. The smallest absolute Gasteiger partial charge is 0.303 e. The maximum atomic E-state index is 11.6. The molecule has 0 spiro atoms. The standard InChI is InChI=1S/C20H23NO4/c1-15-5-4-6-16(13-15)14-25-18-8-3-2-7-17(18)11-12-21-19(22)9-10-20(23)24/h2-8,13H,9-12,14H2,1H3,(H,21,22)(H,23,24). The van der Waals surface area contributed by atoms with Crippen molar-refractivity contribution in [2.24, 2.45) is 0 Å². The summed E-state index contributed by atoms with van der Waals surface area (Å²) >= 11 is 0. The summed E-state index contributed by atoms with van der Waals surface area (Å²) in [4.78, 5) is 22.0. The van der Waals surface area contributed by atoms with Gasteiger partial charge in [-0.05, 0) is 30.5 Å². The molecule has 0 bridgehead atoms. The monoisotopic (exact) mass is 341 g/mol. The van der Waals surface area contributed by atoms with Crippen molar-refractivity contribution in [2.45, 2.75) is 32.8 Å². The molecule has 5 nitrogen and oxygen atoms in total. The zero-order valence-electron chi connectivity index (χ0n) is 14.3. The number of para-hydroxylation sites is 1. The van der Waals surface area contributed by atoms with Gasteiger partial charge in [-0.1, -0.05) is 48.0 Å². The first-order chi connectivity index (χ1) is 12.0. The Morgan fingerprint density at radius 2 is 1.88 bits per heavy atom. The minimum absolute atomic E-state index is 0.000832. The van der Waals surface area contributed by atoms with Gasteiger partial charge in [-0.2, -0.15) is 0 Å². The van der Waals surface area contributed by atoms with Crippen LogP contribution in [0.2, 0.25) is 0 Å². The van der Waals surface area contributed by atoms with E-state index in [0.717, 1.165) is 16.9 Å². The summed E-state index contributed by atoms with van der Waals surface area (Å²) in [6.07, 6.45) is 0.478. The number of aliphatic carboxylic acids is 1. The number of hydrogen-bond donors (Lipinski definition) is 2. The minimum atomic E-state index is -0.968. The fraction of sp³-hybridized carbons (Fsp3) is 0.300. The van der Waals surface area contributed by atoms with Crippen molar-refractivity contribution >= 4 is 11.9 Å². The van der Waals surface area contributed by atoms with E-state index in [2.05, 4.69) is 11.4 Å². The number of ether oxygens (including phenoxy) is 1. The minimum Gasteiger partial charge on any atom is -0.489 e. The molecule has 0 aliphatic heterocycles. The van der Waals surface area contributed by atoms with E-state index in [-0.39, 0.29) is 18.7 Å². The number of carbonyl (C=O) groups excluding carboxylic acids is 1. The Balaban J connectivity index is 1.85. The Kier molecular flexibility index (Phi) is 7.01. The SMILES string of the molecule is Cc1cccc(COc2ccccc2CCNC(=O)CCC(=O)O)c1. The number of benzene rings is 2. The fourth-order valence-corrected chi connectivity index (χ4v) is 2.46. The summed E-state index contributed by atoms with van der Waals surface area (Å²) < 4.78 is 5.92. The largest absolute Gasteiger partial charge is 0.489 e. The molecule has 2 aromatic rings. The highest BCUT2D eigenvalue weighted by atomic mass is 16.5. The molecule has 1 amide bonds. The Bertz CT molecular complexity index is 727. The van der Waals surface area contributed by atoms with Gasteiger partial charge in [0.2, 0.25) is 5.91 Å². The second-order valence-electron chi connectivity index (χ2n) is 5.88. The topological polar surface area (TPSA) is 75.6 Å². The van der Waals surface area contributed by atoms with Crippen LogP contribution in [0.4, 0.5) is 0 Å². The molecule has 132 valence electrons. The lowest BCUT2D eigenvalue weighted by Crippen LogP contribution is -2.26. The highest BCUT2D eigenvalue weighted by Crippen LogP contribution is 2.20. The van der Waals surface area contributed by atoms with Crippen molar-refractivity contribution in [3.63, 3.8) is 0 Å². The van der Waals surface area contributed by atoms with E-state index >= 15 is 0 Å². The Labute approximate surface area is 147 Å². The van der Waals surface area contributed by atoms with Crippen LogP contribution in [0.1, 0.15) is 29.5 Å². The molecule has 0 saturated heterocycles. The van der Waals surface area contributed by atoms with Crippen LogP contribution in [-0.2, 0) is 22.6 Å². The van der Waals surface area contributed by atoms with E-state index in [0.29, 0.717) is 19.6 Å². The van der Waals surface area contributed by atoms with Gasteiger partial charge in [-0.15, -0.1) is 0 Å². The first-order valence-electron chi connectivity index (χ1n) is 8.29. The maximum Gasteiger partial charge on any atom is 0.303 e. The van der Waals surface area contributed by atoms with Crippen LogP contribution >= 0.6 is 0 Å². The van der Waals surface area contributed by atoms with Gasteiger partial charge in [0.15, 0.2) is 0 Å². The predicted octanol–water partition coefficient (Wildman–Crippen LogP) is 3.10. The Morgan fingerprint density at radius 1 is 1.08 bits per heavy atom. The molecular formula is C20H23NO4. The molecule has 0 unspecified atom stereocenters. The van der Waals surface area contributed by atoms with E-state index in [1.165, 1.54) is 5.56 Å². The molecule has 0 aliphatic carbocycles. The van der Waals surface area contributed by atoms with Crippen LogP contribution in [0.25, 0.3) is 0 Å². The first-order valence-corrected chi connectivity index (χ1v) is 8.29. The van der Waals surface area contributed by atoms with Gasteiger partial charge in [0, 0.05) is 13.0 Å². The number of carboxylic acid groups (broad SMARTS) is 1. The first kappa shape index (κ1) is 18.5. The summed E-state index contributed by atoms with van der Waals surface area (Å²) in [7, 11) is 0. The summed E-state index contributed by atoms with van der Waals surface area (Å²) in [6, 6.07) is 15.9. The number of aryl methyl sites for hydroxylation is 1. The van der Waals surface area contributed by atoms with E-state index in [4.69, 9.17) is 9.84 Å². The van der Waals surface area contributed by atoms with Crippen LogP contribution in [0.3, 0.4) is 0 Å². The fourth-order valence-electron chi connectivity index (χ4n) is 2.46. The van der Waals surface area contributed by atoms with Crippen molar-refractivity contribution < 1.29 is 19.4 Å². The molecule has 2 aromatic carbocycles. The zero-order chi connectivity index (χ0) is 18.1. The Hall–Kier alpha value is -2.82. The van der Waals surface area contributed by atoms with E-state index < -0.39 is 5.97 Å². The van der Waals surface area contributed by atoms with Crippen molar-refractivity contribution in [2.75, 3.05) is 6.54 Å². The molecule has 0 atom stereocenters. The summed E-state index contributed by atoms with van der Waals surface area (Å²) in [5.74, 6) is -0.422. The lowest BCUT2D eigenvalue weighted by atomic mass is 10.1. The van der Waals surface area contributed by atoms with Crippen molar-refractivity contribution in [3.05, 3.63) is 65.2 Å². The second kappa shape index (κ2) is 9.47. The summed E-state index contributed by atoms with van der Waals surface area (Å²) in [5.41, 5.74) is 3.31. The van der Waals surface area contributed by atoms with Crippen LogP contribution in [0.15, 0.2) is 48.5 Å². The van der Waals surface area contributed by atoms with Gasteiger partial charge in [-0.3, -0.25) is 9.59 Å².